The number of aryl methyl sites for hydroxylation is 1. The van der Waals surface area contributed by atoms with Crippen LogP contribution in [-0.4, -0.2) is 45.8 Å². The van der Waals surface area contributed by atoms with Gasteiger partial charge in [0.2, 0.25) is 0 Å². The van der Waals surface area contributed by atoms with Crippen molar-refractivity contribution in [2.24, 2.45) is 7.05 Å². The van der Waals surface area contributed by atoms with Crippen molar-refractivity contribution in [1.82, 2.24) is 9.78 Å². The molecule has 0 spiro atoms. The second-order valence-corrected chi connectivity index (χ2v) is 4.75. The smallest absolute Gasteiger partial charge is 0.475 e. The molecule has 2 rings (SSSR count). The molecule has 2 atom stereocenters. The highest BCUT2D eigenvalue weighted by Gasteiger charge is 2.38. The highest BCUT2D eigenvalue weighted by molar-refractivity contribution is 5.73. The molecule has 1 saturated heterocycles. The van der Waals surface area contributed by atoms with Crippen LogP contribution >= 0.6 is 0 Å². The molecule has 0 aliphatic carbocycles. The number of ether oxygens (including phenoxy) is 1. The maximum Gasteiger partial charge on any atom is 0.490 e. The molecule has 0 radical (unpaired) electrons. The Bertz CT molecular complexity index is 462. The van der Waals surface area contributed by atoms with Gasteiger partial charge in [0.1, 0.15) is 0 Å². The molecule has 1 aromatic heterocycles. The number of anilines is 1. The number of aromatic nitrogens is 2. The second-order valence-electron chi connectivity index (χ2n) is 4.75. The summed E-state index contributed by atoms with van der Waals surface area (Å²) in [5, 5.41) is 14.7. The van der Waals surface area contributed by atoms with Gasteiger partial charge in [-0.25, -0.2) is 4.79 Å². The van der Waals surface area contributed by atoms with Crippen LogP contribution in [0.25, 0.3) is 0 Å². The Morgan fingerprint density at radius 3 is 2.62 bits per heavy atom. The van der Waals surface area contributed by atoms with Crippen LogP contribution in [0.2, 0.25) is 0 Å². The predicted octanol–water partition coefficient (Wildman–Crippen LogP) is 2.03. The molecule has 1 aliphatic rings. The number of aliphatic carboxylic acids is 1. The molecule has 120 valence electrons. The van der Waals surface area contributed by atoms with Gasteiger partial charge in [0.25, 0.3) is 0 Å². The lowest BCUT2D eigenvalue weighted by Gasteiger charge is -2.28. The van der Waals surface area contributed by atoms with Crippen molar-refractivity contribution in [2.45, 2.75) is 38.1 Å². The summed E-state index contributed by atoms with van der Waals surface area (Å²) >= 11 is 0. The highest BCUT2D eigenvalue weighted by Crippen LogP contribution is 2.17. The van der Waals surface area contributed by atoms with Crippen molar-refractivity contribution < 1.29 is 27.8 Å². The summed E-state index contributed by atoms with van der Waals surface area (Å²) in [6, 6.07) is 0.531. The van der Waals surface area contributed by atoms with Crippen LogP contribution in [0.4, 0.5) is 18.9 Å². The molecule has 2 N–H and O–H groups in total. The van der Waals surface area contributed by atoms with E-state index in [-0.39, 0.29) is 0 Å². The van der Waals surface area contributed by atoms with E-state index in [4.69, 9.17) is 14.6 Å². The number of carbonyl (C=O) groups is 1. The summed E-state index contributed by atoms with van der Waals surface area (Å²) in [6.07, 6.45) is 1.31. The first-order valence-electron chi connectivity index (χ1n) is 6.35. The van der Waals surface area contributed by atoms with Crippen molar-refractivity contribution in [3.8, 4) is 0 Å². The fourth-order valence-electron chi connectivity index (χ4n) is 1.86. The van der Waals surface area contributed by atoms with Crippen LogP contribution < -0.4 is 5.32 Å². The molecular formula is C12H18F3N3O3. The molecule has 0 aromatic carbocycles. The summed E-state index contributed by atoms with van der Waals surface area (Å²) < 4.78 is 39.0. The van der Waals surface area contributed by atoms with Gasteiger partial charge < -0.3 is 15.2 Å². The summed E-state index contributed by atoms with van der Waals surface area (Å²) in [5.74, 6) is -2.76. The molecule has 6 nitrogen and oxygen atoms in total. The number of hydrogen-bond donors (Lipinski definition) is 2. The van der Waals surface area contributed by atoms with Crippen molar-refractivity contribution in [3.05, 3.63) is 12.4 Å². The van der Waals surface area contributed by atoms with Gasteiger partial charge in [-0.2, -0.15) is 18.3 Å². The van der Waals surface area contributed by atoms with E-state index in [0.29, 0.717) is 12.1 Å². The summed E-state index contributed by atoms with van der Waals surface area (Å²) in [4.78, 5) is 8.90. The minimum Gasteiger partial charge on any atom is -0.475 e. The average Bonchev–Trinajstić information content (AvgIpc) is 2.74. The fraction of sp³-hybridized carbons (Fsp3) is 0.667. The second kappa shape index (κ2) is 7.30. The summed E-state index contributed by atoms with van der Waals surface area (Å²) in [6.45, 7) is 2.98. The molecule has 2 heterocycles. The van der Waals surface area contributed by atoms with Gasteiger partial charge in [-0.05, 0) is 19.8 Å². The molecule has 21 heavy (non-hydrogen) atoms. The number of carboxylic acids is 1. The van der Waals surface area contributed by atoms with Gasteiger partial charge in [-0.3, -0.25) is 4.68 Å². The molecule has 0 bridgehead atoms. The van der Waals surface area contributed by atoms with Crippen molar-refractivity contribution in [2.75, 3.05) is 11.9 Å². The zero-order valence-electron chi connectivity index (χ0n) is 11.7. The SMILES string of the molecule is C[C@H]1C[C@@H](Nc2cnn(C)c2)CCO1.O=C(O)C(F)(F)F. The Morgan fingerprint density at radius 2 is 2.19 bits per heavy atom. The third-order valence-electron chi connectivity index (χ3n) is 2.80. The summed E-state index contributed by atoms with van der Waals surface area (Å²) in [5.41, 5.74) is 1.10. The Hall–Kier alpha value is -1.77. The summed E-state index contributed by atoms with van der Waals surface area (Å²) in [7, 11) is 1.93. The van der Waals surface area contributed by atoms with E-state index in [0.717, 1.165) is 25.1 Å². The van der Waals surface area contributed by atoms with Crippen LogP contribution in [0.15, 0.2) is 12.4 Å². The van der Waals surface area contributed by atoms with Crippen molar-refractivity contribution >= 4 is 11.7 Å². The van der Waals surface area contributed by atoms with Gasteiger partial charge in [0, 0.05) is 25.9 Å². The lowest BCUT2D eigenvalue weighted by atomic mass is 10.0. The monoisotopic (exact) mass is 309 g/mol. The molecular weight excluding hydrogens is 291 g/mol. The van der Waals surface area contributed by atoms with Gasteiger partial charge in [-0.15, -0.1) is 0 Å². The third kappa shape index (κ3) is 6.48. The molecule has 1 fully saturated rings. The fourth-order valence-corrected chi connectivity index (χ4v) is 1.86. The lowest BCUT2D eigenvalue weighted by molar-refractivity contribution is -0.192. The van der Waals surface area contributed by atoms with E-state index in [2.05, 4.69) is 17.3 Å². The van der Waals surface area contributed by atoms with Crippen LogP contribution in [0.1, 0.15) is 19.8 Å². The van der Waals surface area contributed by atoms with Crippen LogP contribution in [0.5, 0.6) is 0 Å². The number of carboxylic acid groups (broad SMARTS) is 1. The molecule has 0 unspecified atom stereocenters. The van der Waals surface area contributed by atoms with E-state index in [1.165, 1.54) is 0 Å². The molecule has 1 aliphatic heterocycles. The minimum atomic E-state index is -5.08. The van der Waals surface area contributed by atoms with Gasteiger partial charge in [-0.1, -0.05) is 0 Å². The maximum absolute atomic E-state index is 10.6. The van der Waals surface area contributed by atoms with E-state index in [9.17, 15) is 13.2 Å². The quantitative estimate of drug-likeness (QED) is 0.874. The first kappa shape index (κ1) is 17.3. The molecule has 0 saturated carbocycles. The minimum absolute atomic E-state index is 0.373. The molecule has 9 heteroatoms. The van der Waals surface area contributed by atoms with Gasteiger partial charge >= 0.3 is 12.1 Å². The lowest BCUT2D eigenvalue weighted by Crippen LogP contribution is -2.32. The van der Waals surface area contributed by atoms with Gasteiger partial charge in [0.05, 0.1) is 18.0 Å². The number of alkyl halides is 3. The van der Waals surface area contributed by atoms with E-state index < -0.39 is 12.1 Å². The topological polar surface area (TPSA) is 76.4 Å². The van der Waals surface area contributed by atoms with Crippen molar-refractivity contribution in [1.29, 1.82) is 0 Å². The number of halogens is 3. The van der Waals surface area contributed by atoms with E-state index >= 15 is 0 Å². The largest absolute Gasteiger partial charge is 0.490 e. The Balaban J connectivity index is 0.000000270. The number of nitrogens with one attached hydrogen (secondary N) is 1. The van der Waals surface area contributed by atoms with E-state index in [1.54, 1.807) is 0 Å². The first-order chi connectivity index (χ1) is 9.68. The zero-order valence-corrected chi connectivity index (χ0v) is 11.7. The van der Waals surface area contributed by atoms with Crippen LogP contribution in [0, 0.1) is 0 Å². The predicted molar refractivity (Wildman–Crippen MR) is 69.0 cm³/mol. The third-order valence-corrected chi connectivity index (χ3v) is 2.80. The standard InChI is InChI=1S/C10H17N3O.C2HF3O2/c1-8-5-9(3-4-14-8)12-10-6-11-13(2)7-10;3-2(4,5)1(6)7/h6-9,12H,3-5H2,1-2H3;(H,6,7)/t8-,9-;/m0./s1. The Morgan fingerprint density at radius 1 is 1.57 bits per heavy atom. The zero-order chi connectivity index (χ0) is 16.0. The van der Waals surface area contributed by atoms with Crippen LogP contribution in [-0.2, 0) is 16.6 Å². The number of hydrogen-bond acceptors (Lipinski definition) is 4. The first-order valence-corrected chi connectivity index (χ1v) is 6.35. The van der Waals surface area contributed by atoms with Crippen LogP contribution in [0.3, 0.4) is 0 Å². The normalized spacial score (nSPS) is 22.1. The number of nitrogens with zero attached hydrogens (tertiary/aromatic N) is 2. The number of rotatable bonds is 2. The Kier molecular flexibility index (Phi) is 6.01. The maximum atomic E-state index is 10.6. The van der Waals surface area contributed by atoms with Gasteiger partial charge in [0.15, 0.2) is 0 Å². The average molecular weight is 309 g/mol. The molecule has 1 aromatic rings. The Labute approximate surface area is 119 Å². The van der Waals surface area contributed by atoms with E-state index in [1.807, 2.05) is 24.1 Å². The van der Waals surface area contributed by atoms with Crippen molar-refractivity contribution in [3.63, 3.8) is 0 Å². The molecule has 0 amide bonds. The highest BCUT2D eigenvalue weighted by atomic mass is 19.4.